The van der Waals surface area contributed by atoms with Crippen LogP contribution in [0.25, 0.3) is 11.3 Å². The number of halogens is 1. The van der Waals surface area contributed by atoms with Crippen molar-refractivity contribution in [3.8, 4) is 23.4 Å². The summed E-state index contributed by atoms with van der Waals surface area (Å²) in [6.07, 6.45) is 0.839. The lowest BCUT2D eigenvalue weighted by molar-refractivity contribution is 0.626. The highest BCUT2D eigenvalue weighted by molar-refractivity contribution is 5.60. The van der Waals surface area contributed by atoms with Gasteiger partial charge in [0, 0.05) is 13.0 Å². The molecule has 21 heavy (non-hydrogen) atoms. The summed E-state index contributed by atoms with van der Waals surface area (Å²) in [6.45, 7) is 0.342. The second kappa shape index (κ2) is 6.49. The van der Waals surface area contributed by atoms with Gasteiger partial charge in [-0.1, -0.05) is 0 Å². The van der Waals surface area contributed by atoms with Crippen LogP contribution in [0, 0.1) is 28.5 Å². The molecule has 0 N–H and O–H groups in total. The Hall–Kier alpha value is -2.92. The van der Waals surface area contributed by atoms with Crippen LogP contribution in [-0.4, -0.2) is 4.57 Å². The highest BCUT2D eigenvalue weighted by Crippen LogP contribution is 2.19. The van der Waals surface area contributed by atoms with Gasteiger partial charge >= 0.3 is 0 Å². The molecule has 0 atom stereocenters. The van der Waals surface area contributed by atoms with E-state index in [4.69, 9.17) is 10.5 Å². The third-order valence-electron chi connectivity index (χ3n) is 3.10. The average molecular weight is 281 g/mol. The van der Waals surface area contributed by atoms with Crippen LogP contribution in [-0.2, 0) is 6.54 Å². The smallest absolute Gasteiger partial charge is 0.268 e. The number of rotatable bonds is 4. The average Bonchev–Trinajstić information content (AvgIpc) is 2.50. The van der Waals surface area contributed by atoms with Crippen molar-refractivity contribution in [2.24, 2.45) is 0 Å². The maximum atomic E-state index is 13.0. The molecule has 0 fully saturated rings. The van der Waals surface area contributed by atoms with Crippen molar-refractivity contribution < 1.29 is 4.39 Å². The summed E-state index contributed by atoms with van der Waals surface area (Å²) in [5, 5.41) is 17.5. The maximum absolute atomic E-state index is 13.0. The number of hydrogen-bond donors (Lipinski definition) is 0. The van der Waals surface area contributed by atoms with E-state index in [0.717, 1.165) is 0 Å². The van der Waals surface area contributed by atoms with Gasteiger partial charge in [0.15, 0.2) is 0 Å². The Morgan fingerprint density at radius 3 is 2.43 bits per heavy atom. The molecule has 0 aliphatic rings. The zero-order chi connectivity index (χ0) is 15.2. The quantitative estimate of drug-likeness (QED) is 0.809. The normalized spacial score (nSPS) is 9.86. The molecule has 104 valence electrons. The molecule has 0 amide bonds. The van der Waals surface area contributed by atoms with E-state index in [1.165, 1.54) is 22.8 Å². The summed E-state index contributed by atoms with van der Waals surface area (Å²) in [5.41, 5.74) is 0.960. The van der Waals surface area contributed by atoms with E-state index >= 15 is 0 Å². The summed E-state index contributed by atoms with van der Waals surface area (Å²) in [5.74, 6) is -0.356. The van der Waals surface area contributed by atoms with Crippen LogP contribution in [0.2, 0.25) is 0 Å². The predicted molar refractivity (Wildman–Crippen MR) is 75.7 cm³/mol. The topological polar surface area (TPSA) is 69.6 Å². The Labute approximate surface area is 121 Å². The molecular formula is C16H12FN3O. The third kappa shape index (κ3) is 3.16. The molecule has 1 aromatic heterocycles. The minimum atomic E-state index is -0.391. The number of aromatic nitrogens is 1. The fourth-order valence-corrected chi connectivity index (χ4v) is 2.07. The lowest BCUT2D eigenvalue weighted by Gasteiger charge is -2.12. The zero-order valence-corrected chi connectivity index (χ0v) is 11.2. The van der Waals surface area contributed by atoms with E-state index in [0.29, 0.717) is 30.6 Å². The number of hydrogen-bond acceptors (Lipinski definition) is 3. The van der Waals surface area contributed by atoms with Gasteiger partial charge in [0.05, 0.1) is 11.8 Å². The summed E-state index contributed by atoms with van der Waals surface area (Å²) in [4.78, 5) is 12.2. The number of nitriles is 2. The van der Waals surface area contributed by atoms with E-state index in [2.05, 4.69) is 0 Å². The SMILES string of the molecule is N#CCCCn1c(-c2ccc(F)cc2)ccc(C#N)c1=O. The molecule has 2 aromatic rings. The fourth-order valence-electron chi connectivity index (χ4n) is 2.07. The highest BCUT2D eigenvalue weighted by Gasteiger charge is 2.10. The minimum Gasteiger partial charge on any atom is -0.307 e. The molecule has 1 aromatic carbocycles. The van der Waals surface area contributed by atoms with Gasteiger partial charge in [-0.2, -0.15) is 10.5 Å². The Morgan fingerprint density at radius 1 is 1.10 bits per heavy atom. The predicted octanol–water partition coefficient (Wildman–Crippen LogP) is 2.83. The van der Waals surface area contributed by atoms with Crippen LogP contribution in [0.5, 0.6) is 0 Å². The Bertz CT molecular complexity index is 779. The second-order valence-corrected chi connectivity index (χ2v) is 4.47. The maximum Gasteiger partial charge on any atom is 0.268 e. The third-order valence-corrected chi connectivity index (χ3v) is 3.10. The van der Waals surface area contributed by atoms with Crippen molar-refractivity contribution in [1.82, 2.24) is 4.57 Å². The van der Waals surface area contributed by atoms with Gasteiger partial charge in [-0.05, 0) is 48.4 Å². The number of pyridine rings is 1. The van der Waals surface area contributed by atoms with Crippen LogP contribution in [0.15, 0.2) is 41.2 Å². The fraction of sp³-hybridized carbons (Fsp3) is 0.188. The number of benzene rings is 1. The standard InChI is InChI=1S/C16H12FN3O/c17-14-6-3-12(4-7-14)15-8-5-13(11-19)16(21)20(15)10-2-1-9-18/h3-8H,1-2,10H2. The van der Waals surface area contributed by atoms with Crippen molar-refractivity contribution in [1.29, 1.82) is 10.5 Å². The molecule has 4 nitrogen and oxygen atoms in total. The van der Waals surface area contributed by atoms with E-state index in [1.54, 1.807) is 18.2 Å². The number of nitrogens with zero attached hydrogens (tertiary/aromatic N) is 3. The van der Waals surface area contributed by atoms with E-state index in [-0.39, 0.29) is 11.4 Å². The monoisotopic (exact) mass is 281 g/mol. The molecular weight excluding hydrogens is 269 g/mol. The van der Waals surface area contributed by atoms with Gasteiger partial charge in [-0.25, -0.2) is 4.39 Å². The van der Waals surface area contributed by atoms with Gasteiger partial charge in [0.25, 0.3) is 5.56 Å². The molecule has 0 radical (unpaired) electrons. The van der Waals surface area contributed by atoms with Crippen LogP contribution in [0.4, 0.5) is 4.39 Å². The molecule has 0 bridgehead atoms. The van der Waals surface area contributed by atoms with Gasteiger partial charge in [-0.3, -0.25) is 4.79 Å². The minimum absolute atomic E-state index is 0.0535. The molecule has 2 rings (SSSR count). The van der Waals surface area contributed by atoms with E-state index in [9.17, 15) is 9.18 Å². The lowest BCUT2D eigenvalue weighted by atomic mass is 10.1. The van der Waals surface area contributed by atoms with Gasteiger partial charge < -0.3 is 4.57 Å². The van der Waals surface area contributed by atoms with Crippen LogP contribution >= 0.6 is 0 Å². The van der Waals surface area contributed by atoms with Crippen molar-refractivity contribution in [2.45, 2.75) is 19.4 Å². The van der Waals surface area contributed by atoms with Crippen molar-refractivity contribution in [3.63, 3.8) is 0 Å². The molecule has 0 aliphatic carbocycles. The summed E-state index contributed by atoms with van der Waals surface area (Å²) < 4.78 is 14.5. The number of unbranched alkanes of at least 4 members (excludes halogenated alkanes) is 1. The Balaban J connectivity index is 2.52. The lowest BCUT2D eigenvalue weighted by Crippen LogP contribution is -2.24. The van der Waals surface area contributed by atoms with Crippen molar-refractivity contribution >= 4 is 0 Å². The van der Waals surface area contributed by atoms with Crippen molar-refractivity contribution in [3.05, 3.63) is 58.1 Å². The van der Waals surface area contributed by atoms with E-state index in [1.807, 2.05) is 12.1 Å². The first-order valence-electron chi connectivity index (χ1n) is 6.44. The largest absolute Gasteiger partial charge is 0.307 e. The Kier molecular flexibility index (Phi) is 4.48. The zero-order valence-electron chi connectivity index (χ0n) is 11.2. The first-order chi connectivity index (χ1) is 10.2. The highest BCUT2D eigenvalue weighted by atomic mass is 19.1. The molecule has 1 heterocycles. The molecule has 0 spiro atoms. The first kappa shape index (κ1) is 14.5. The molecule has 0 aliphatic heterocycles. The molecule has 0 saturated carbocycles. The second-order valence-electron chi connectivity index (χ2n) is 4.47. The molecule has 0 saturated heterocycles. The molecule has 0 unspecified atom stereocenters. The van der Waals surface area contributed by atoms with Crippen LogP contribution in [0.1, 0.15) is 18.4 Å². The Morgan fingerprint density at radius 2 is 1.81 bits per heavy atom. The summed E-state index contributed by atoms with van der Waals surface area (Å²) in [6, 6.07) is 12.8. The van der Waals surface area contributed by atoms with Crippen molar-refractivity contribution in [2.75, 3.05) is 0 Å². The van der Waals surface area contributed by atoms with Gasteiger partial charge in [0.1, 0.15) is 17.4 Å². The summed E-state index contributed by atoms with van der Waals surface area (Å²) >= 11 is 0. The van der Waals surface area contributed by atoms with Gasteiger partial charge in [0.2, 0.25) is 0 Å². The van der Waals surface area contributed by atoms with E-state index < -0.39 is 5.56 Å². The summed E-state index contributed by atoms with van der Waals surface area (Å²) in [7, 11) is 0. The first-order valence-corrected chi connectivity index (χ1v) is 6.44. The molecule has 5 heteroatoms. The van der Waals surface area contributed by atoms with Crippen LogP contribution in [0.3, 0.4) is 0 Å². The van der Waals surface area contributed by atoms with Crippen LogP contribution < -0.4 is 5.56 Å². The van der Waals surface area contributed by atoms with Gasteiger partial charge in [-0.15, -0.1) is 0 Å².